The lowest BCUT2D eigenvalue weighted by molar-refractivity contribution is -0.128. The number of aliphatic imine (C=N–C) groups is 1. The van der Waals surface area contributed by atoms with E-state index in [9.17, 15) is 4.79 Å². The second kappa shape index (κ2) is 12.4. The number of nitrogens with one attached hydrogen (secondary N) is 1. The summed E-state index contributed by atoms with van der Waals surface area (Å²) in [4.78, 5) is 20.5. The zero-order valence-corrected chi connectivity index (χ0v) is 20.1. The molecule has 162 valence electrons. The van der Waals surface area contributed by atoms with E-state index >= 15 is 0 Å². The van der Waals surface area contributed by atoms with Crippen LogP contribution in [-0.4, -0.2) is 62.1 Å². The summed E-state index contributed by atoms with van der Waals surface area (Å²) in [7, 11) is 3.94. The number of carbonyl (C=O) groups is 1. The molecule has 2 fully saturated rings. The van der Waals surface area contributed by atoms with Crippen molar-refractivity contribution in [3.63, 3.8) is 0 Å². The molecule has 29 heavy (non-hydrogen) atoms. The average molecular weight is 514 g/mol. The van der Waals surface area contributed by atoms with Gasteiger partial charge in [0.1, 0.15) is 0 Å². The van der Waals surface area contributed by atoms with Crippen LogP contribution < -0.4 is 5.32 Å². The van der Waals surface area contributed by atoms with Gasteiger partial charge in [-0.1, -0.05) is 24.3 Å². The van der Waals surface area contributed by atoms with Crippen LogP contribution in [0.2, 0.25) is 0 Å². The van der Waals surface area contributed by atoms with E-state index in [1.54, 1.807) is 0 Å². The molecule has 3 rings (SSSR count). The Morgan fingerprint density at radius 3 is 2.76 bits per heavy atom. The van der Waals surface area contributed by atoms with Crippen LogP contribution in [0.25, 0.3) is 0 Å². The lowest BCUT2D eigenvalue weighted by Crippen LogP contribution is -2.39. The van der Waals surface area contributed by atoms with Gasteiger partial charge in [-0.2, -0.15) is 0 Å². The highest BCUT2D eigenvalue weighted by atomic mass is 127. The molecule has 1 aromatic carbocycles. The Balaban J connectivity index is 0.00000300. The Labute approximate surface area is 192 Å². The summed E-state index contributed by atoms with van der Waals surface area (Å²) < 4.78 is 5.45. The minimum Gasteiger partial charge on any atom is -0.381 e. The Bertz CT molecular complexity index is 677. The van der Waals surface area contributed by atoms with Gasteiger partial charge in [0.25, 0.3) is 0 Å². The maximum absolute atomic E-state index is 11.9. The van der Waals surface area contributed by atoms with Crippen molar-refractivity contribution in [2.75, 3.05) is 40.4 Å². The number of guanidine groups is 1. The van der Waals surface area contributed by atoms with Gasteiger partial charge in [0.05, 0.1) is 0 Å². The number of rotatable bonds is 7. The number of hydrogen-bond acceptors (Lipinski definition) is 3. The molecule has 0 bridgehead atoms. The van der Waals surface area contributed by atoms with Crippen LogP contribution in [0.15, 0.2) is 29.3 Å². The number of amides is 1. The first kappa shape index (κ1) is 23.9. The van der Waals surface area contributed by atoms with Gasteiger partial charge in [-0.05, 0) is 42.7 Å². The van der Waals surface area contributed by atoms with E-state index in [2.05, 4.69) is 46.5 Å². The highest BCUT2D eigenvalue weighted by Crippen LogP contribution is 2.18. The number of hydrogen-bond donors (Lipinski definition) is 1. The lowest BCUT2D eigenvalue weighted by atomic mass is 9.96. The summed E-state index contributed by atoms with van der Waals surface area (Å²) in [6.07, 6.45) is 5.20. The van der Waals surface area contributed by atoms with Crippen LogP contribution >= 0.6 is 24.0 Å². The predicted octanol–water partition coefficient (Wildman–Crippen LogP) is 3.25. The third kappa shape index (κ3) is 7.44. The van der Waals surface area contributed by atoms with E-state index < -0.39 is 0 Å². The fourth-order valence-corrected chi connectivity index (χ4v) is 4.01. The maximum Gasteiger partial charge on any atom is 0.222 e. The second-order valence-electron chi connectivity index (χ2n) is 7.91. The lowest BCUT2D eigenvalue weighted by Gasteiger charge is -2.27. The van der Waals surface area contributed by atoms with E-state index in [1.165, 1.54) is 30.4 Å². The monoisotopic (exact) mass is 514 g/mol. The standard InChI is InChI=1S/C22H34N4O2.HI/c1-23-22(25(2)12-8-18-9-13-28-14-10-18)24-16-19-5-3-6-20(15-19)17-26-11-4-7-21(26)27;/h3,5-6,15,18H,4,7-14,16-17H2,1-2H3,(H,23,24);1H. The number of halogens is 1. The molecular formula is C22H35IN4O2. The van der Waals surface area contributed by atoms with Crippen molar-refractivity contribution in [1.82, 2.24) is 15.1 Å². The summed E-state index contributed by atoms with van der Waals surface area (Å²) in [6.45, 7) is 5.14. The predicted molar refractivity (Wildman–Crippen MR) is 127 cm³/mol. The molecule has 0 radical (unpaired) electrons. The topological polar surface area (TPSA) is 57.2 Å². The van der Waals surface area contributed by atoms with Crippen molar-refractivity contribution in [3.8, 4) is 0 Å². The number of benzene rings is 1. The second-order valence-corrected chi connectivity index (χ2v) is 7.91. The SMILES string of the molecule is CN=C(NCc1cccc(CN2CCCC2=O)c1)N(C)CCC1CCOCC1.I. The Kier molecular flexibility index (Phi) is 10.2. The molecule has 2 aliphatic heterocycles. The number of nitrogens with zero attached hydrogens (tertiary/aromatic N) is 3. The van der Waals surface area contributed by atoms with Gasteiger partial charge in [0, 0.05) is 59.9 Å². The van der Waals surface area contributed by atoms with Gasteiger partial charge in [-0.3, -0.25) is 9.79 Å². The van der Waals surface area contributed by atoms with Crippen LogP contribution in [0.4, 0.5) is 0 Å². The summed E-state index contributed by atoms with van der Waals surface area (Å²) in [6, 6.07) is 8.49. The molecular weight excluding hydrogens is 479 g/mol. The quantitative estimate of drug-likeness (QED) is 0.345. The first-order chi connectivity index (χ1) is 13.7. The molecule has 1 aromatic rings. The first-order valence-corrected chi connectivity index (χ1v) is 10.5. The Hall–Kier alpha value is -1.35. The van der Waals surface area contributed by atoms with Crippen molar-refractivity contribution >= 4 is 35.8 Å². The molecule has 0 saturated carbocycles. The van der Waals surface area contributed by atoms with E-state index in [-0.39, 0.29) is 29.9 Å². The van der Waals surface area contributed by atoms with E-state index in [0.29, 0.717) is 13.0 Å². The highest BCUT2D eigenvalue weighted by Gasteiger charge is 2.20. The third-order valence-electron chi connectivity index (χ3n) is 5.77. The smallest absolute Gasteiger partial charge is 0.222 e. The van der Waals surface area contributed by atoms with Crippen LogP contribution in [0.3, 0.4) is 0 Å². The molecule has 0 unspecified atom stereocenters. The molecule has 2 saturated heterocycles. The Morgan fingerprint density at radius 1 is 1.31 bits per heavy atom. The summed E-state index contributed by atoms with van der Waals surface area (Å²) in [5, 5.41) is 3.47. The van der Waals surface area contributed by atoms with Crippen molar-refractivity contribution in [1.29, 1.82) is 0 Å². The van der Waals surface area contributed by atoms with Crippen molar-refractivity contribution < 1.29 is 9.53 Å². The molecule has 0 aromatic heterocycles. The normalized spacial score (nSPS) is 17.9. The minimum absolute atomic E-state index is 0. The van der Waals surface area contributed by atoms with Gasteiger partial charge < -0.3 is 19.9 Å². The average Bonchev–Trinajstić information content (AvgIpc) is 3.12. The minimum atomic E-state index is 0. The molecule has 2 heterocycles. The number of carbonyl (C=O) groups excluding carboxylic acids is 1. The van der Waals surface area contributed by atoms with Crippen molar-refractivity contribution in [3.05, 3.63) is 35.4 Å². The molecule has 1 amide bonds. The first-order valence-electron chi connectivity index (χ1n) is 10.5. The number of ether oxygens (including phenoxy) is 1. The van der Waals surface area contributed by atoms with E-state index in [1.807, 2.05) is 11.9 Å². The fraction of sp³-hybridized carbons (Fsp3) is 0.636. The zero-order valence-electron chi connectivity index (χ0n) is 17.7. The van der Waals surface area contributed by atoms with E-state index in [4.69, 9.17) is 4.74 Å². The van der Waals surface area contributed by atoms with Crippen LogP contribution in [0, 0.1) is 5.92 Å². The summed E-state index contributed by atoms with van der Waals surface area (Å²) in [5.74, 6) is 1.96. The number of likely N-dealkylation sites (tertiary alicyclic amines) is 1. The third-order valence-corrected chi connectivity index (χ3v) is 5.77. The summed E-state index contributed by atoms with van der Waals surface area (Å²) in [5.41, 5.74) is 2.40. The molecule has 0 aliphatic carbocycles. The van der Waals surface area contributed by atoms with Gasteiger partial charge >= 0.3 is 0 Å². The molecule has 2 aliphatic rings. The fourth-order valence-electron chi connectivity index (χ4n) is 4.01. The Morgan fingerprint density at radius 2 is 2.07 bits per heavy atom. The van der Waals surface area contributed by atoms with E-state index in [0.717, 1.165) is 51.1 Å². The van der Waals surface area contributed by atoms with Crippen LogP contribution in [-0.2, 0) is 22.6 Å². The van der Waals surface area contributed by atoms with Crippen molar-refractivity contribution in [2.24, 2.45) is 10.9 Å². The molecule has 1 N–H and O–H groups in total. The molecule has 0 spiro atoms. The van der Waals surface area contributed by atoms with Gasteiger partial charge in [-0.15, -0.1) is 24.0 Å². The molecule has 0 atom stereocenters. The van der Waals surface area contributed by atoms with Crippen LogP contribution in [0.5, 0.6) is 0 Å². The van der Waals surface area contributed by atoms with Crippen molar-refractivity contribution in [2.45, 2.75) is 45.2 Å². The zero-order chi connectivity index (χ0) is 19.8. The molecule has 7 heteroatoms. The summed E-state index contributed by atoms with van der Waals surface area (Å²) >= 11 is 0. The van der Waals surface area contributed by atoms with Gasteiger partial charge in [-0.25, -0.2) is 0 Å². The maximum atomic E-state index is 11.9. The largest absolute Gasteiger partial charge is 0.381 e. The molecule has 6 nitrogen and oxygen atoms in total. The van der Waals surface area contributed by atoms with Gasteiger partial charge in [0.2, 0.25) is 5.91 Å². The van der Waals surface area contributed by atoms with Gasteiger partial charge in [0.15, 0.2) is 5.96 Å². The highest BCUT2D eigenvalue weighted by molar-refractivity contribution is 14.0. The van der Waals surface area contributed by atoms with Crippen LogP contribution in [0.1, 0.15) is 43.2 Å².